The highest BCUT2D eigenvalue weighted by atomic mass is 32.2. The summed E-state index contributed by atoms with van der Waals surface area (Å²) in [6.07, 6.45) is 7.25. The van der Waals surface area contributed by atoms with E-state index < -0.39 is 33.7 Å². The summed E-state index contributed by atoms with van der Waals surface area (Å²) in [5, 5.41) is 5.98. The van der Waals surface area contributed by atoms with Gasteiger partial charge in [-0.1, -0.05) is 6.07 Å². The van der Waals surface area contributed by atoms with Gasteiger partial charge in [-0.2, -0.15) is 0 Å². The van der Waals surface area contributed by atoms with Crippen molar-refractivity contribution in [2.75, 3.05) is 119 Å². The van der Waals surface area contributed by atoms with Crippen molar-refractivity contribution in [1.29, 1.82) is 0 Å². The minimum atomic E-state index is -3.52. The number of hydrogen-bond donors (Lipinski definition) is 2. The number of benzene rings is 3. The average molecular weight is 957 g/mol. The van der Waals surface area contributed by atoms with Crippen LogP contribution in [0.5, 0.6) is 11.5 Å². The summed E-state index contributed by atoms with van der Waals surface area (Å²) < 4.78 is 36.3. The highest BCUT2D eigenvalue weighted by molar-refractivity contribution is 7.90. The van der Waals surface area contributed by atoms with E-state index in [1.807, 2.05) is 44.1 Å². The molecule has 4 saturated heterocycles. The molecule has 2 atom stereocenters. The number of anilines is 4. The molecule has 368 valence electrons. The zero-order chi connectivity index (χ0) is 48.7. The number of methoxy groups -OCH3 is 1. The van der Waals surface area contributed by atoms with E-state index in [0.29, 0.717) is 53.9 Å². The van der Waals surface area contributed by atoms with Crippen molar-refractivity contribution in [3.8, 4) is 11.5 Å². The first-order chi connectivity index (χ1) is 32.6. The summed E-state index contributed by atoms with van der Waals surface area (Å²) in [6, 6.07) is 15.0. The Kier molecular flexibility index (Phi) is 16.3. The molecule has 4 heterocycles. The Labute approximate surface area is 401 Å². The van der Waals surface area contributed by atoms with Crippen LogP contribution < -0.4 is 34.8 Å². The maximum atomic E-state index is 14.0. The number of sulfone groups is 1. The Balaban J connectivity index is 0.859. The molecule has 2 N–H and O–H groups in total. The first-order valence-electron chi connectivity index (χ1n) is 23.8. The lowest BCUT2D eigenvalue weighted by atomic mass is 9.92. The number of likely N-dealkylation sites (tertiary alicyclic amines) is 2. The molecular formula is C50H68N8O9S. The number of imide groups is 1. The zero-order valence-corrected chi connectivity index (χ0v) is 41.1. The molecule has 3 aromatic rings. The van der Waals surface area contributed by atoms with E-state index in [-0.39, 0.29) is 41.7 Å². The first kappa shape index (κ1) is 50.2. The van der Waals surface area contributed by atoms with E-state index in [1.165, 1.54) is 29.8 Å². The second-order valence-electron chi connectivity index (χ2n) is 19.1. The number of piperidine rings is 3. The number of carbonyl (C=O) groups is 5. The van der Waals surface area contributed by atoms with Crippen LogP contribution in [-0.2, 0) is 24.2 Å². The van der Waals surface area contributed by atoms with E-state index in [4.69, 9.17) is 9.47 Å². The van der Waals surface area contributed by atoms with Crippen molar-refractivity contribution in [1.82, 2.24) is 20.0 Å². The maximum absolute atomic E-state index is 14.0. The van der Waals surface area contributed by atoms with Gasteiger partial charge in [0.15, 0.2) is 17.8 Å². The summed E-state index contributed by atoms with van der Waals surface area (Å²) in [5.74, 6) is 0.592. The summed E-state index contributed by atoms with van der Waals surface area (Å²) >= 11 is 0. The molecule has 7 rings (SSSR count). The molecule has 2 unspecified atom stereocenters. The molecule has 4 aliphatic rings. The summed E-state index contributed by atoms with van der Waals surface area (Å²) in [7, 11) is 3.37. The molecule has 0 aromatic heterocycles. The van der Waals surface area contributed by atoms with Gasteiger partial charge in [0.2, 0.25) is 18.2 Å². The number of nitrogens with zero attached hydrogens (tertiary/aromatic N) is 6. The van der Waals surface area contributed by atoms with E-state index in [0.717, 1.165) is 88.5 Å². The van der Waals surface area contributed by atoms with Gasteiger partial charge in [-0.3, -0.25) is 29.3 Å². The molecule has 4 aliphatic heterocycles. The molecule has 0 bridgehead atoms. The second-order valence-corrected chi connectivity index (χ2v) is 21.3. The predicted molar refractivity (Wildman–Crippen MR) is 264 cm³/mol. The molecule has 17 nitrogen and oxygen atoms in total. The Morgan fingerprint density at radius 3 is 2.18 bits per heavy atom. The van der Waals surface area contributed by atoms with Gasteiger partial charge >= 0.3 is 0 Å². The fourth-order valence-corrected chi connectivity index (χ4v) is 11.2. The van der Waals surface area contributed by atoms with Crippen LogP contribution in [0, 0.1) is 11.8 Å². The van der Waals surface area contributed by atoms with Gasteiger partial charge in [0, 0.05) is 102 Å². The lowest BCUT2D eigenvalue weighted by Gasteiger charge is -2.45. The summed E-state index contributed by atoms with van der Waals surface area (Å²) in [6.45, 7) is 10.3. The fraction of sp³-hybridized carbons (Fsp3) is 0.540. The van der Waals surface area contributed by atoms with E-state index in [9.17, 15) is 32.4 Å². The van der Waals surface area contributed by atoms with Crippen LogP contribution >= 0.6 is 0 Å². The molecule has 0 spiro atoms. The van der Waals surface area contributed by atoms with Gasteiger partial charge in [-0.25, -0.2) is 8.42 Å². The van der Waals surface area contributed by atoms with Crippen LogP contribution in [0.25, 0.3) is 0 Å². The monoisotopic (exact) mass is 956 g/mol. The quantitative estimate of drug-likeness (QED) is 0.121. The highest BCUT2D eigenvalue weighted by Gasteiger charge is 2.36. The largest absolute Gasteiger partial charge is 0.493 e. The number of rotatable bonds is 20. The fourth-order valence-electron chi connectivity index (χ4n) is 10.2. The van der Waals surface area contributed by atoms with E-state index in [2.05, 4.69) is 31.4 Å². The third-order valence-corrected chi connectivity index (χ3v) is 14.9. The van der Waals surface area contributed by atoms with Crippen molar-refractivity contribution in [2.45, 2.75) is 63.6 Å². The SMILES string of the molecule is CCOc1cc(C(CS(C)(=O)=O)N(C)C(=O)c2ccc(NC3CCN(CC4CCN(CC5CN(c6ccc(N(C)C)c(N(C=O)C7CCC(=O)NC7=O)c6)C5)CC4)CC3)cc2C=O)ccc1OC. The Morgan fingerprint density at radius 2 is 1.56 bits per heavy atom. The third kappa shape index (κ3) is 12.1. The molecule has 0 aliphatic carbocycles. The number of hydrogen-bond acceptors (Lipinski definition) is 14. The molecule has 0 radical (unpaired) electrons. The van der Waals surface area contributed by atoms with Crippen LogP contribution in [0.4, 0.5) is 22.7 Å². The van der Waals surface area contributed by atoms with Gasteiger partial charge in [0.1, 0.15) is 15.9 Å². The smallest absolute Gasteiger partial charge is 0.254 e. The van der Waals surface area contributed by atoms with Gasteiger partial charge in [-0.15, -0.1) is 0 Å². The average Bonchev–Trinajstić information content (AvgIpc) is 3.30. The normalized spacial score (nSPS) is 19.4. The standard InChI is InChI=1S/C50H68N8O9S/c1-7-67-47-25-36(8-14-46(47)66-5)45(32-68(6,64)65)54(4)50(63)41-11-9-39(24-37(41)31-59)51-38-18-22-56(23-19-38)27-34-16-20-55(21-17-34)28-35-29-57(30-35)40-10-12-42(53(2)3)44(26-40)58(33-60)43-13-15-48(61)52-49(43)62/h8-12,14,24-26,31,33-35,38,43,45,51H,7,13,15-23,27-30,32H2,1-6H3,(H,52,61,62). The Hall–Kier alpha value is -5.72. The van der Waals surface area contributed by atoms with Gasteiger partial charge in [0.05, 0.1) is 42.4 Å². The lowest BCUT2D eigenvalue weighted by molar-refractivity contribution is -0.134. The van der Waals surface area contributed by atoms with Crippen molar-refractivity contribution in [2.24, 2.45) is 11.8 Å². The number of aldehydes is 1. The van der Waals surface area contributed by atoms with Crippen molar-refractivity contribution in [3.63, 3.8) is 0 Å². The second kappa shape index (κ2) is 22.1. The predicted octanol–water partition coefficient (Wildman–Crippen LogP) is 4.32. The topological polar surface area (TPSA) is 181 Å². The molecule has 68 heavy (non-hydrogen) atoms. The lowest BCUT2D eigenvalue weighted by Crippen LogP contribution is -2.53. The minimum absolute atomic E-state index is 0.193. The van der Waals surface area contributed by atoms with Gasteiger partial charge in [0.25, 0.3) is 5.91 Å². The maximum Gasteiger partial charge on any atom is 0.254 e. The van der Waals surface area contributed by atoms with E-state index in [1.54, 1.807) is 37.4 Å². The third-order valence-electron chi connectivity index (χ3n) is 13.9. The molecule has 4 fully saturated rings. The number of nitrogens with one attached hydrogen (secondary N) is 2. The summed E-state index contributed by atoms with van der Waals surface area (Å²) in [4.78, 5) is 75.5. The molecular weight excluding hydrogens is 889 g/mol. The van der Waals surface area contributed by atoms with E-state index >= 15 is 0 Å². The molecule has 4 amide bonds. The van der Waals surface area contributed by atoms with Crippen LogP contribution in [-0.4, -0.2) is 165 Å². The van der Waals surface area contributed by atoms with Crippen molar-refractivity contribution < 1.29 is 41.9 Å². The van der Waals surface area contributed by atoms with Crippen LogP contribution in [0.1, 0.15) is 77.8 Å². The van der Waals surface area contributed by atoms with Gasteiger partial charge < -0.3 is 44.2 Å². The Bertz CT molecular complexity index is 2410. The Morgan fingerprint density at radius 1 is 0.868 bits per heavy atom. The number of ether oxygens (including phenoxy) is 2. The minimum Gasteiger partial charge on any atom is -0.493 e. The van der Waals surface area contributed by atoms with Crippen molar-refractivity contribution in [3.05, 3.63) is 71.3 Å². The van der Waals surface area contributed by atoms with Crippen LogP contribution in [0.2, 0.25) is 0 Å². The summed E-state index contributed by atoms with van der Waals surface area (Å²) in [5.41, 5.74) is 4.25. The first-order valence-corrected chi connectivity index (χ1v) is 25.8. The molecule has 3 aromatic carbocycles. The highest BCUT2D eigenvalue weighted by Crippen LogP contribution is 2.38. The van der Waals surface area contributed by atoms with Gasteiger partial charge in [-0.05, 0) is 112 Å². The van der Waals surface area contributed by atoms with Crippen LogP contribution in [0.15, 0.2) is 54.6 Å². The molecule has 18 heteroatoms. The van der Waals surface area contributed by atoms with Crippen LogP contribution in [0.3, 0.4) is 0 Å². The van der Waals surface area contributed by atoms with Crippen molar-refractivity contribution >= 4 is 63.0 Å². The molecule has 0 saturated carbocycles. The number of amides is 4. The zero-order valence-electron chi connectivity index (χ0n) is 40.3. The number of carbonyl (C=O) groups excluding carboxylic acids is 5.